The lowest BCUT2D eigenvalue weighted by molar-refractivity contribution is -0.133. The Balaban J connectivity index is 2.03. The van der Waals surface area contributed by atoms with Gasteiger partial charge in [-0.3, -0.25) is 4.79 Å². The third kappa shape index (κ3) is 3.98. The first kappa shape index (κ1) is 14.9. The minimum Gasteiger partial charge on any atom is -0.342 e. The van der Waals surface area contributed by atoms with E-state index in [1.54, 1.807) is 6.07 Å². The van der Waals surface area contributed by atoms with Gasteiger partial charge in [-0.25, -0.2) is 0 Å². The van der Waals surface area contributed by atoms with Crippen molar-refractivity contribution in [2.45, 2.75) is 32.1 Å². The fourth-order valence-electron chi connectivity index (χ4n) is 2.60. The second kappa shape index (κ2) is 7.31. The number of hydrogen-bond acceptors (Lipinski definition) is 2. The largest absolute Gasteiger partial charge is 0.342 e. The van der Waals surface area contributed by atoms with Crippen molar-refractivity contribution in [3.8, 4) is 6.07 Å². The monoisotopic (exact) mass is 290 g/mol. The molecule has 4 heteroatoms. The Kier molecular flexibility index (Phi) is 5.43. The van der Waals surface area contributed by atoms with Gasteiger partial charge in [-0.2, -0.15) is 5.26 Å². The van der Waals surface area contributed by atoms with Crippen LogP contribution in [0.2, 0.25) is 5.02 Å². The predicted molar refractivity (Wildman–Crippen MR) is 79.3 cm³/mol. The quantitative estimate of drug-likeness (QED) is 0.856. The van der Waals surface area contributed by atoms with E-state index in [1.165, 1.54) is 12.8 Å². The van der Waals surface area contributed by atoms with Gasteiger partial charge in [0.25, 0.3) is 0 Å². The molecule has 1 atom stereocenters. The molecule has 1 aliphatic heterocycles. The Morgan fingerprint density at radius 2 is 2.00 bits per heavy atom. The van der Waals surface area contributed by atoms with E-state index in [0.717, 1.165) is 31.5 Å². The molecule has 20 heavy (non-hydrogen) atoms. The molecule has 0 aliphatic carbocycles. The average Bonchev–Trinajstić information content (AvgIpc) is 2.73. The van der Waals surface area contributed by atoms with Crippen molar-refractivity contribution in [1.82, 2.24) is 4.90 Å². The van der Waals surface area contributed by atoms with Crippen LogP contribution < -0.4 is 0 Å². The zero-order valence-electron chi connectivity index (χ0n) is 11.5. The first-order valence-electron chi connectivity index (χ1n) is 7.13. The third-order valence-corrected chi connectivity index (χ3v) is 3.94. The van der Waals surface area contributed by atoms with Crippen molar-refractivity contribution in [3.05, 3.63) is 34.9 Å². The molecule has 2 rings (SSSR count). The molecular weight excluding hydrogens is 272 g/mol. The van der Waals surface area contributed by atoms with Crippen LogP contribution in [0.5, 0.6) is 0 Å². The van der Waals surface area contributed by atoms with E-state index in [0.29, 0.717) is 11.4 Å². The van der Waals surface area contributed by atoms with E-state index in [2.05, 4.69) is 6.07 Å². The van der Waals surface area contributed by atoms with Crippen LogP contribution in [0.4, 0.5) is 0 Å². The lowest BCUT2D eigenvalue weighted by Gasteiger charge is -2.23. The number of halogens is 1. The fraction of sp³-hybridized carbons (Fsp3) is 0.500. The van der Waals surface area contributed by atoms with Gasteiger partial charge in [0.1, 0.15) is 5.92 Å². The van der Waals surface area contributed by atoms with Gasteiger partial charge in [0.2, 0.25) is 5.91 Å². The first-order valence-corrected chi connectivity index (χ1v) is 7.51. The number of nitrogens with zero attached hydrogens (tertiary/aromatic N) is 2. The lowest BCUT2D eigenvalue weighted by Crippen LogP contribution is -2.37. The second-order valence-electron chi connectivity index (χ2n) is 5.26. The number of carbonyl (C=O) groups excluding carboxylic acids is 1. The number of rotatable bonds is 3. The third-order valence-electron chi connectivity index (χ3n) is 3.70. The number of carbonyl (C=O) groups is 1. The molecule has 1 unspecified atom stereocenters. The molecule has 0 aromatic heterocycles. The van der Waals surface area contributed by atoms with Crippen molar-refractivity contribution in [1.29, 1.82) is 5.26 Å². The molecule has 1 saturated heterocycles. The summed E-state index contributed by atoms with van der Waals surface area (Å²) in [5.74, 6) is -0.638. The van der Waals surface area contributed by atoms with Gasteiger partial charge in [0.15, 0.2) is 0 Å². The van der Waals surface area contributed by atoms with Gasteiger partial charge < -0.3 is 4.90 Å². The lowest BCUT2D eigenvalue weighted by atomic mass is 9.99. The maximum Gasteiger partial charge on any atom is 0.240 e. The molecule has 1 aliphatic rings. The van der Waals surface area contributed by atoms with E-state index in [1.807, 2.05) is 23.1 Å². The van der Waals surface area contributed by atoms with Gasteiger partial charge in [-0.05, 0) is 37.0 Å². The summed E-state index contributed by atoms with van der Waals surface area (Å²) in [6.45, 7) is 1.57. The maximum absolute atomic E-state index is 12.4. The molecule has 3 nitrogen and oxygen atoms in total. The van der Waals surface area contributed by atoms with Crippen molar-refractivity contribution >= 4 is 17.5 Å². The number of nitriles is 1. The topological polar surface area (TPSA) is 44.1 Å². The van der Waals surface area contributed by atoms with Crippen LogP contribution >= 0.6 is 11.6 Å². The molecule has 1 aromatic carbocycles. The summed E-state index contributed by atoms with van der Waals surface area (Å²) in [7, 11) is 0. The molecule has 1 heterocycles. The summed E-state index contributed by atoms with van der Waals surface area (Å²) in [4.78, 5) is 14.3. The molecule has 0 saturated carbocycles. The number of hydrogen-bond donors (Lipinski definition) is 0. The average molecular weight is 291 g/mol. The van der Waals surface area contributed by atoms with Crippen LogP contribution in [0.25, 0.3) is 0 Å². The van der Waals surface area contributed by atoms with Crippen LogP contribution in [-0.2, 0) is 11.2 Å². The van der Waals surface area contributed by atoms with Crippen molar-refractivity contribution in [2.75, 3.05) is 13.1 Å². The van der Waals surface area contributed by atoms with Gasteiger partial charge in [-0.15, -0.1) is 0 Å². The summed E-state index contributed by atoms with van der Waals surface area (Å²) < 4.78 is 0. The van der Waals surface area contributed by atoms with Crippen LogP contribution in [0.1, 0.15) is 31.2 Å². The molecule has 1 aromatic rings. The highest BCUT2D eigenvalue weighted by molar-refractivity contribution is 6.30. The highest BCUT2D eigenvalue weighted by atomic mass is 35.5. The minimum atomic E-state index is -0.605. The van der Waals surface area contributed by atoms with Crippen molar-refractivity contribution in [2.24, 2.45) is 5.92 Å². The van der Waals surface area contributed by atoms with Gasteiger partial charge in [0.05, 0.1) is 6.07 Å². The van der Waals surface area contributed by atoms with E-state index in [9.17, 15) is 10.1 Å². The normalized spacial score (nSPS) is 17.1. The van der Waals surface area contributed by atoms with E-state index in [4.69, 9.17) is 11.6 Å². The van der Waals surface area contributed by atoms with Crippen molar-refractivity contribution in [3.63, 3.8) is 0 Å². The Morgan fingerprint density at radius 3 is 2.60 bits per heavy atom. The molecular formula is C16H19ClN2O. The predicted octanol–water partition coefficient (Wildman–Crippen LogP) is 3.42. The highest BCUT2D eigenvalue weighted by Gasteiger charge is 2.25. The van der Waals surface area contributed by atoms with Gasteiger partial charge >= 0.3 is 0 Å². The molecule has 0 bridgehead atoms. The van der Waals surface area contributed by atoms with Crippen LogP contribution in [-0.4, -0.2) is 23.9 Å². The molecule has 0 radical (unpaired) electrons. The minimum absolute atomic E-state index is 0.0330. The molecule has 1 amide bonds. The van der Waals surface area contributed by atoms with E-state index < -0.39 is 5.92 Å². The number of likely N-dealkylation sites (tertiary alicyclic amines) is 1. The van der Waals surface area contributed by atoms with Crippen LogP contribution in [0.15, 0.2) is 24.3 Å². The second-order valence-corrected chi connectivity index (χ2v) is 5.69. The maximum atomic E-state index is 12.4. The Morgan fingerprint density at radius 1 is 1.30 bits per heavy atom. The summed E-state index contributed by atoms with van der Waals surface area (Å²) in [6.07, 6.45) is 4.87. The van der Waals surface area contributed by atoms with E-state index in [-0.39, 0.29) is 5.91 Å². The molecule has 1 fully saturated rings. The zero-order valence-corrected chi connectivity index (χ0v) is 12.3. The van der Waals surface area contributed by atoms with Crippen LogP contribution in [0.3, 0.4) is 0 Å². The van der Waals surface area contributed by atoms with Gasteiger partial charge in [-0.1, -0.05) is 36.6 Å². The number of benzene rings is 1. The summed E-state index contributed by atoms with van der Waals surface area (Å²) >= 11 is 5.94. The fourth-order valence-corrected chi connectivity index (χ4v) is 2.81. The van der Waals surface area contributed by atoms with Gasteiger partial charge in [0, 0.05) is 18.1 Å². The van der Waals surface area contributed by atoms with E-state index >= 15 is 0 Å². The Bertz CT molecular complexity index is 501. The zero-order chi connectivity index (χ0) is 14.4. The SMILES string of the molecule is N#CC(Cc1cccc(Cl)c1)C(=O)N1CCCCCC1. The summed E-state index contributed by atoms with van der Waals surface area (Å²) in [5.41, 5.74) is 0.937. The highest BCUT2D eigenvalue weighted by Crippen LogP contribution is 2.18. The summed E-state index contributed by atoms with van der Waals surface area (Å²) in [6, 6.07) is 9.53. The molecule has 106 valence electrons. The Labute approximate surface area is 125 Å². The molecule has 0 N–H and O–H groups in total. The standard InChI is InChI=1S/C16H19ClN2O/c17-15-7-5-6-13(11-15)10-14(12-18)16(20)19-8-3-1-2-4-9-19/h5-7,11,14H,1-4,8-10H2. The molecule has 0 spiro atoms. The van der Waals surface area contributed by atoms with Crippen molar-refractivity contribution < 1.29 is 4.79 Å². The Hall–Kier alpha value is -1.53. The summed E-state index contributed by atoms with van der Waals surface area (Å²) in [5, 5.41) is 9.94. The van der Waals surface area contributed by atoms with Crippen LogP contribution in [0, 0.1) is 17.2 Å². The number of amides is 1. The smallest absolute Gasteiger partial charge is 0.240 e. The first-order chi connectivity index (χ1) is 9.70.